The van der Waals surface area contributed by atoms with E-state index in [9.17, 15) is 0 Å². The summed E-state index contributed by atoms with van der Waals surface area (Å²) in [7, 11) is 3.61. The Kier molecular flexibility index (Phi) is 4.92. The van der Waals surface area contributed by atoms with Crippen molar-refractivity contribution in [2.24, 2.45) is 0 Å². The normalized spacial score (nSPS) is 12.5. The Morgan fingerprint density at radius 2 is 2.20 bits per heavy atom. The minimum absolute atomic E-state index is 0.517. The van der Waals surface area contributed by atoms with Crippen molar-refractivity contribution in [3.63, 3.8) is 0 Å². The second kappa shape index (κ2) is 5.99. The van der Waals surface area contributed by atoms with E-state index in [0.717, 1.165) is 18.7 Å². The van der Waals surface area contributed by atoms with E-state index in [1.807, 2.05) is 19.2 Å². The van der Waals surface area contributed by atoms with Crippen LogP contribution < -0.4 is 10.1 Å². The van der Waals surface area contributed by atoms with Crippen LogP contribution in [0, 0.1) is 0 Å². The van der Waals surface area contributed by atoms with Crippen molar-refractivity contribution in [1.29, 1.82) is 0 Å². The van der Waals surface area contributed by atoms with Gasteiger partial charge in [0, 0.05) is 0 Å². The number of hydrogen-bond acceptors (Lipinski definition) is 2. The van der Waals surface area contributed by atoms with Crippen LogP contribution in [0.2, 0.25) is 5.02 Å². The van der Waals surface area contributed by atoms with Gasteiger partial charge < -0.3 is 10.1 Å². The van der Waals surface area contributed by atoms with Gasteiger partial charge in [-0.3, -0.25) is 0 Å². The number of methoxy groups -OCH3 is 1. The smallest absolute Gasteiger partial charge is 0.137 e. The Hall–Kier alpha value is -0.730. The molecule has 0 aliphatic heterocycles. The van der Waals surface area contributed by atoms with E-state index in [-0.39, 0.29) is 0 Å². The van der Waals surface area contributed by atoms with Crippen molar-refractivity contribution in [3.8, 4) is 5.75 Å². The van der Waals surface area contributed by atoms with Crippen LogP contribution in [-0.2, 0) is 0 Å². The van der Waals surface area contributed by atoms with E-state index in [0.29, 0.717) is 10.9 Å². The first kappa shape index (κ1) is 12.3. The van der Waals surface area contributed by atoms with Gasteiger partial charge in [0.1, 0.15) is 5.75 Å². The lowest BCUT2D eigenvalue weighted by Crippen LogP contribution is -2.10. The van der Waals surface area contributed by atoms with E-state index >= 15 is 0 Å². The largest absolute Gasteiger partial charge is 0.495 e. The fourth-order valence-electron chi connectivity index (χ4n) is 1.51. The predicted molar refractivity (Wildman–Crippen MR) is 65.0 cm³/mol. The van der Waals surface area contributed by atoms with Gasteiger partial charge in [-0.2, -0.15) is 0 Å². The Morgan fingerprint density at radius 3 is 2.80 bits per heavy atom. The highest BCUT2D eigenvalue weighted by Crippen LogP contribution is 2.29. The lowest BCUT2D eigenvalue weighted by Gasteiger charge is -2.13. The summed E-state index contributed by atoms with van der Waals surface area (Å²) in [4.78, 5) is 0. The van der Waals surface area contributed by atoms with Gasteiger partial charge in [-0.15, -0.1) is 0 Å². The highest BCUT2D eigenvalue weighted by Gasteiger charge is 2.08. The lowest BCUT2D eigenvalue weighted by molar-refractivity contribution is 0.414. The minimum Gasteiger partial charge on any atom is -0.495 e. The number of rotatable bonds is 5. The molecule has 1 unspecified atom stereocenters. The standard InChI is InChI=1S/C12H18ClNO/c1-9(6-7-14-2)10-4-5-11(13)12(8-10)15-3/h4-5,8-9,14H,6-7H2,1-3H3. The fraction of sp³-hybridized carbons (Fsp3) is 0.500. The number of nitrogens with one attached hydrogen (secondary N) is 1. The van der Waals surface area contributed by atoms with Gasteiger partial charge in [-0.25, -0.2) is 0 Å². The van der Waals surface area contributed by atoms with Crippen LogP contribution >= 0.6 is 11.6 Å². The first-order valence-electron chi connectivity index (χ1n) is 5.17. The first-order valence-corrected chi connectivity index (χ1v) is 5.55. The van der Waals surface area contributed by atoms with Gasteiger partial charge in [-0.05, 0) is 43.6 Å². The summed E-state index contributed by atoms with van der Waals surface area (Å²) in [6.07, 6.45) is 1.11. The van der Waals surface area contributed by atoms with Crippen LogP contribution in [0.25, 0.3) is 0 Å². The Labute approximate surface area is 96.6 Å². The molecule has 1 aromatic rings. The van der Waals surface area contributed by atoms with E-state index in [4.69, 9.17) is 16.3 Å². The maximum atomic E-state index is 5.97. The zero-order valence-corrected chi connectivity index (χ0v) is 10.3. The molecule has 0 aliphatic carbocycles. The van der Waals surface area contributed by atoms with Crippen LogP contribution in [0.3, 0.4) is 0 Å². The fourth-order valence-corrected chi connectivity index (χ4v) is 1.71. The topological polar surface area (TPSA) is 21.3 Å². The maximum Gasteiger partial charge on any atom is 0.137 e. The highest BCUT2D eigenvalue weighted by molar-refractivity contribution is 6.32. The molecule has 15 heavy (non-hydrogen) atoms. The minimum atomic E-state index is 0.517. The summed E-state index contributed by atoms with van der Waals surface area (Å²) in [5.74, 6) is 1.27. The van der Waals surface area contributed by atoms with Crippen molar-refractivity contribution in [2.75, 3.05) is 20.7 Å². The highest BCUT2D eigenvalue weighted by atomic mass is 35.5. The van der Waals surface area contributed by atoms with E-state index < -0.39 is 0 Å². The molecule has 0 aliphatic rings. The molecule has 0 radical (unpaired) electrons. The van der Waals surface area contributed by atoms with Gasteiger partial charge in [0.05, 0.1) is 12.1 Å². The van der Waals surface area contributed by atoms with Crippen LogP contribution in [0.15, 0.2) is 18.2 Å². The van der Waals surface area contributed by atoms with Gasteiger partial charge >= 0.3 is 0 Å². The summed E-state index contributed by atoms with van der Waals surface area (Å²) in [5, 5.41) is 3.82. The summed E-state index contributed by atoms with van der Waals surface area (Å²) in [5.41, 5.74) is 1.27. The van der Waals surface area contributed by atoms with E-state index in [2.05, 4.69) is 18.3 Å². The van der Waals surface area contributed by atoms with Crippen LogP contribution in [0.4, 0.5) is 0 Å². The molecule has 0 spiro atoms. The second-order valence-corrected chi connectivity index (χ2v) is 4.09. The molecule has 1 atom stereocenters. The molecular weight excluding hydrogens is 210 g/mol. The van der Waals surface area contributed by atoms with Crippen LogP contribution in [0.5, 0.6) is 5.75 Å². The van der Waals surface area contributed by atoms with E-state index in [1.54, 1.807) is 7.11 Å². The molecule has 0 bridgehead atoms. The third-order valence-corrected chi connectivity index (χ3v) is 2.88. The second-order valence-electron chi connectivity index (χ2n) is 3.69. The molecule has 0 heterocycles. The zero-order valence-electron chi connectivity index (χ0n) is 9.51. The number of benzene rings is 1. The Bertz CT molecular complexity index is 314. The van der Waals surface area contributed by atoms with E-state index in [1.165, 1.54) is 5.56 Å². The van der Waals surface area contributed by atoms with Gasteiger partial charge in [0.2, 0.25) is 0 Å². The molecule has 2 nitrogen and oxygen atoms in total. The average Bonchev–Trinajstić information content (AvgIpc) is 2.26. The molecule has 1 N–H and O–H groups in total. The van der Waals surface area contributed by atoms with Crippen molar-refractivity contribution in [3.05, 3.63) is 28.8 Å². The predicted octanol–water partition coefficient (Wildman–Crippen LogP) is 3.06. The van der Waals surface area contributed by atoms with Gasteiger partial charge in [0.15, 0.2) is 0 Å². The maximum absolute atomic E-state index is 5.97. The van der Waals surface area contributed by atoms with Crippen LogP contribution in [0.1, 0.15) is 24.8 Å². The summed E-state index contributed by atoms with van der Waals surface area (Å²) in [6.45, 7) is 3.23. The SMILES string of the molecule is CNCCC(C)c1ccc(Cl)c(OC)c1. The van der Waals surface area contributed by atoms with Crippen molar-refractivity contribution in [1.82, 2.24) is 5.32 Å². The molecule has 0 aromatic heterocycles. The number of hydrogen-bond donors (Lipinski definition) is 1. The van der Waals surface area contributed by atoms with Crippen molar-refractivity contribution >= 4 is 11.6 Å². The third-order valence-electron chi connectivity index (χ3n) is 2.57. The lowest BCUT2D eigenvalue weighted by atomic mass is 9.98. The molecule has 1 aromatic carbocycles. The summed E-state index contributed by atoms with van der Waals surface area (Å²) in [6, 6.07) is 5.97. The van der Waals surface area contributed by atoms with Crippen molar-refractivity contribution < 1.29 is 4.74 Å². The van der Waals surface area contributed by atoms with Crippen molar-refractivity contribution in [2.45, 2.75) is 19.3 Å². The molecule has 84 valence electrons. The molecular formula is C12H18ClNO. The molecule has 0 fully saturated rings. The molecule has 0 saturated heterocycles. The van der Waals surface area contributed by atoms with Gasteiger partial charge in [-0.1, -0.05) is 24.6 Å². The Morgan fingerprint density at radius 1 is 1.47 bits per heavy atom. The molecule has 0 saturated carbocycles. The Balaban J connectivity index is 2.76. The number of ether oxygens (including phenoxy) is 1. The summed E-state index contributed by atoms with van der Waals surface area (Å²) >= 11 is 5.97. The average molecular weight is 228 g/mol. The number of halogens is 1. The van der Waals surface area contributed by atoms with Crippen LogP contribution in [-0.4, -0.2) is 20.7 Å². The van der Waals surface area contributed by atoms with Gasteiger partial charge in [0.25, 0.3) is 0 Å². The zero-order chi connectivity index (χ0) is 11.3. The monoisotopic (exact) mass is 227 g/mol. The molecule has 3 heteroatoms. The first-order chi connectivity index (χ1) is 7.19. The summed E-state index contributed by atoms with van der Waals surface area (Å²) < 4.78 is 5.19. The quantitative estimate of drug-likeness (QED) is 0.835. The molecule has 1 rings (SSSR count). The molecule has 0 amide bonds. The third kappa shape index (κ3) is 3.40.